The molecule has 5 nitrogen and oxygen atoms in total. The third kappa shape index (κ3) is 4.51. The molecule has 0 radical (unpaired) electrons. The highest BCUT2D eigenvalue weighted by Gasteiger charge is 2.22. The van der Waals surface area contributed by atoms with E-state index in [9.17, 15) is 9.59 Å². The van der Waals surface area contributed by atoms with Crippen LogP contribution in [0.1, 0.15) is 35.2 Å². The Hall–Kier alpha value is -1.59. The maximum Gasteiger partial charge on any atom is 0.248 e. The summed E-state index contributed by atoms with van der Waals surface area (Å²) in [6.07, 6.45) is 2.65. The van der Waals surface area contributed by atoms with Gasteiger partial charge in [0, 0.05) is 36.1 Å². The predicted molar refractivity (Wildman–Crippen MR) is 77.5 cm³/mol. The molecule has 1 aliphatic rings. The second-order valence-corrected chi connectivity index (χ2v) is 5.35. The van der Waals surface area contributed by atoms with E-state index >= 15 is 0 Å². The van der Waals surface area contributed by atoms with E-state index in [-0.39, 0.29) is 5.91 Å². The molecule has 1 saturated carbocycles. The van der Waals surface area contributed by atoms with Gasteiger partial charge in [-0.05, 0) is 30.5 Å². The third-order valence-corrected chi connectivity index (χ3v) is 3.48. The summed E-state index contributed by atoms with van der Waals surface area (Å²) in [6.45, 7) is 1.14. The molecular formula is C14H18ClN3O2. The monoisotopic (exact) mass is 295 g/mol. The smallest absolute Gasteiger partial charge is 0.248 e. The lowest BCUT2D eigenvalue weighted by atomic mass is 10.1. The lowest BCUT2D eigenvalue weighted by Crippen LogP contribution is -2.29. The van der Waals surface area contributed by atoms with E-state index in [0.717, 1.165) is 18.4 Å². The van der Waals surface area contributed by atoms with Gasteiger partial charge in [-0.1, -0.05) is 17.7 Å². The Kier molecular flexibility index (Phi) is 4.98. The molecule has 0 aromatic heterocycles. The average Bonchev–Trinajstić information content (AvgIpc) is 3.19. The first-order valence-corrected chi connectivity index (χ1v) is 7.02. The fourth-order valence-electron chi connectivity index (χ4n) is 1.80. The molecule has 1 fully saturated rings. The van der Waals surface area contributed by atoms with E-state index in [4.69, 9.17) is 17.3 Å². The number of carbonyl (C=O) groups excluding carboxylic acids is 2. The van der Waals surface area contributed by atoms with Crippen molar-refractivity contribution in [1.29, 1.82) is 0 Å². The van der Waals surface area contributed by atoms with E-state index < -0.39 is 5.91 Å². The summed E-state index contributed by atoms with van der Waals surface area (Å²) in [5, 5.41) is 6.58. The van der Waals surface area contributed by atoms with Gasteiger partial charge in [0.05, 0.1) is 0 Å². The van der Waals surface area contributed by atoms with Gasteiger partial charge in [-0.3, -0.25) is 9.59 Å². The van der Waals surface area contributed by atoms with Crippen LogP contribution in [0.15, 0.2) is 18.2 Å². The Morgan fingerprint density at radius 1 is 1.35 bits per heavy atom. The van der Waals surface area contributed by atoms with Crippen molar-refractivity contribution >= 4 is 23.4 Å². The first-order valence-electron chi connectivity index (χ1n) is 6.64. The summed E-state index contributed by atoms with van der Waals surface area (Å²) in [7, 11) is 0. The van der Waals surface area contributed by atoms with E-state index in [1.165, 1.54) is 0 Å². The second kappa shape index (κ2) is 6.72. The molecule has 0 heterocycles. The topological polar surface area (TPSA) is 84.2 Å². The molecule has 2 rings (SSSR count). The summed E-state index contributed by atoms with van der Waals surface area (Å²) in [6, 6.07) is 5.36. The van der Waals surface area contributed by atoms with Gasteiger partial charge < -0.3 is 16.4 Å². The average molecular weight is 296 g/mol. The summed E-state index contributed by atoms with van der Waals surface area (Å²) in [5.74, 6) is -0.418. The Morgan fingerprint density at radius 2 is 2.10 bits per heavy atom. The Bertz CT molecular complexity index is 515. The molecule has 0 spiro atoms. The normalized spacial score (nSPS) is 14.1. The number of primary amides is 1. The molecular weight excluding hydrogens is 278 g/mol. The maximum absolute atomic E-state index is 11.5. The number of carbonyl (C=O) groups is 2. The second-order valence-electron chi connectivity index (χ2n) is 4.94. The molecule has 2 amide bonds. The fourth-order valence-corrected chi connectivity index (χ4v) is 2.04. The Labute approximate surface area is 122 Å². The molecule has 0 bridgehead atoms. The minimum absolute atomic E-state index is 0.0789. The molecule has 6 heteroatoms. The number of hydrogen-bond donors (Lipinski definition) is 3. The van der Waals surface area contributed by atoms with Gasteiger partial charge in [-0.25, -0.2) is 0 Å². The quantitative estimate of drug-likeness (QED) is 0.661. The number of nitrogens with one attached hydrogen (secondary N) is 2. The van der Waals surface area contributed by atoms with Crippen molar-refractivity contribution < 1.29 is 9.59 Å². The number of hydrogen-bond acceptors (Lipinski definition) is 3. The highest BCUT2D eigenvalue weighted by molar-refractivity contribution is 6.31. The minimum atomic E-state index is -0.497. The summed E-state index contributed by atoms with van der Waals surface area (Å²) in [4.78, 5) is 22.5. The van der Waals surface area contributed by atoms with Crippen molar-refractivity contribution in [2.24, 2.45) is 5.73 Å². The minimum Gasteiger partial charge on any atom is -0.366 e. The zero-order chi connectivity index (χ0) is 14.5. The first-order chi connectivity index (χ1) is 9.56. The van der Waals surface area contributed by atoms with Gasteiger partial charge in [0.15, 0.2) is 0 Å². The van der Waals surface area contributed by atoms with Gasteiger partial charge in [-0.2, -0.15) is 0 Å². The lowest BCUT2D eigenvalue weighted by Gasteiger charge is -2.08. The van der Waals surface area contributed by atoms with Crippen LogP contribution < -0.4 is 16.4 Å². The van der Waals surface area contributed by atoms with Crippen LogP contribution in [0.4, 0.5) is 0 Å². The first kappa shape index (κ1) is 14.8. The number of amides is 2. The molecule has 108 valence electrons. The van der Waals surface area contributed by atoms with Crippen molar-refractivity contribution in [3.63, 3.8) is 0 Å². The van der Waals surface area contributed by atoms with Crippen LogP contribution in [0, 0.1) is 0 Å². The molecule has 0 aliphatic heterocycles. The third-order valence-electron chi connectivity index (χ3n) is 3.12. The fraction of sp³-hybridized carbons (Fsp3) is 0.429. The Balaban J connectivity index is 1.73. The van der Waals surface area contributed by atoms with Crippen molar-refractivity contribution in [2.75, 3.05) is 6.54 Å². The largest absolute Gasteiger partial charge is 0.366 e. The van der Waals surface area contributed by atoms with Crippen LogP contribution in [-0.2, 0) is 11.3 Å². The van der Waals surface area contributed by atoms with Crippen LogP contribution >= 0.6 is 11.6 Å². The number of rotatable bonds is 7. The van der Waals surface area contributed by atoms with Gasteiger partial charge in [0.2, 0.25) is 11.8 Å². The van der Waals surface area contributed by atoms with Crippen LogP contribution in [0.5, 0.6) is 0 Å². The number of benzene rings is 1. The van der Waals surface area contributed by atoms with Gasteiger partial charge >= 0.3 is 0 Å². The molecule has 0 atom stereocenters. The van der Waals surface area contributed by atoms with Crippen LogP contribution in [0.3, 0.4) is 0 Å². The highest BCUT2D eigenvalue weighted by Crippen LogP contribution is 2.19. The van der Waals surface area contributed by atoms with E-state index in [1.807, 2.05) is 0 Å². The van der Waals surface area contributed by atoms with Crippen molar-refractivity contribution in [2.45, 2.75) is 31.8 Å². The Morgan fingerprint density at radius 3 is 2.70 bits per heavy atom. The van der Waals surface area contributed by atoms with Crippen molar-refractivity contribution in [3.8, 4) is 0 Å². The van der Waals surface area contributed by atoms with Crippen LogP contribution in [-0.4, -0.2) is 24.4 Å². The summed E-state index contributed by atoms with van der Waals surface area (Å²) in [5.41, 5.74) is 6.44. The highest BCUT2D eigenvalue weighted by atomic mass is 35.5. The van der Waals surface area contributed by atoms with E-state index in [2.05, 4.69) is 10.6 Å². The van der Waals surface area contributed by atoms with Crippen molar-refractivity contribution in [3.05, 3.63) is 34.3 Å². The number of nitrogens with two attached hydrogens (primary N) is 1. The van der Waals surface area contributed by atoms with E-state index in [0.29, 0.717) is 36.1 Å². The molecule has 20 heavy (non-hydrogen) atoms. The zero-order valence-corrected chi connectivity index (χ0v) is 11.9. The molecule has 4 N–H and O–H groups in total. The maximum atomic E-state index is 11.5. The molecule has 1 aromatic carbocycles. The summed E-state index contributed by atoms with van der Waals surface area (Å²) < 4.78 is 0. The standard InChI is InChI=1S/C14H18ClN3O2/c15-12-7-9(14(16)20)1-2-10(12)8-17-6-5-13(19)18-11-3-4-11/h1-2,7,11,17H,3-6,8H2,(H2,16,20)(H,18,19). The molecule has 0 saturated heterocycles. The van der Waals surface area contributed by atoms with Crippen LogP contribution in [0.2, 0.25) is 5.02 Å². The molecule has 1 aliphatic carbocycles. The van der Waals surface area contributed by atoms with E-state index in [1.54, 1.807) is 18.2 Å². The van der Waals surface area contributed by atoms with Gasteiger partial charge in [0.25, 0.3) is 0 Å². The predicted octanol–water partition coefficient (Wildman–Crippen LogP) is 1.20. The molecule has 0 unspecified atom stereocenters. The van der Waals surface area contributed by atoms with Gasteiger partial charge in [0.1, 0.15) is 0 Å². The SMILES string of the molecule is NC(=O)c1ccc(CNCCC(=O)NC2CC2)c(Cl)c1. The van der Waals surface area contributed by atoms with Gasteiger partial charge in [-0.15, -0.1) is 0 Å². The van der Waals surface area contributed by atoms with Crippen molar-refractivity contribution in [1.82, 2.24) is 10.6 Å². The van der Waals surface area contributed by atoms with Crippen LogP contribution in [0.25, 0.3) is 0 Å². The zero-order valence-electron chi connectivity index (χ0n) is 11.1. The summed E-state index contributed by atoms with van der Waals surface area (Å²) >= 11 is 6.06. The number of halogens is 1. The molecule has 1 aromatic rings. The lowest BCUT2D eigenvalue weighted by molar-refractivity contribution is -0.121.